The zero-order chi connectivity index (χ0) is 15.7. The van der Waals surface area contributed by atoms with Gasteiger partial charge in [-0.15, -0.1) is 0 Å². The third kappa shape index (κ3) is 2.49. The lowest BCUT2D eigenvalue weighted by molar-refractivity contribution is -0.385. The Morgan fingerprint density at radius 3 is 2.50 bits per heavy atom. The Kier molecular flexibility index (Phi) is 3.48. The van der Waals surface area contributed by atoms with Gasteiger partial charge in [-0.1, -0.05) is 30.3 Å². The standard InChI is InChI=1S/C15H12N4O3/c16-14-13(9-4-2-1-3-5-9)15(20)18-12-8-10(19(21)22)6-7-11(12)17-14/h1-8,13-14H,16H2. The number of benzene rings is 2. The van der Waals surface area contributed by atoms with Gasteiger partial charge in [-0.05, 0) is 11.6 Å². The Morgan fingerprint density at radius 1 is 1.09 bits per heavy atom. The summed E-state index contributed by atoms with van der Waals surface area (Å²) in [5.74, 6) is -1.16. The van der Waals surface area contributed by atoms with Crippen LogP contribution in [0.1, 0.15) is 11.5 Å². The van der Waals surface area contributed by atoms with Gasteiger partial charge in [0, 0.05) is 12.1 Å². The molecular formula is C15H12N4O3. The maximum Gasteiger partial charge on any atom is 0.271 e. The van der Waals surface area contributed by atoms with Gasteiger partial charge in [0.2, 0.25) is 0 Å². The van der Waals surface area contributed by atoms with E-state index in [9.17, 15) is 14.9 Å². The molecule has 0 saturated carbocycles. The fourth-order valence-electron chi connectivity index (χ4n) is 2.39. The van der Waals surface area contributed by atoms with E-state index in [1.807, 2.05) is 6.07 Å². The van der Waals surface area contributed by atoms with E-state index in [0.717, 1.165) is 5.56 Å². The van der Waals surface area contributed by atoms with Crippen molar-refractivity contribution in [1.29, 1.82) is 0 Å². The van der Waals surface area contributed by atoms with Gasteiger partial charge in [0.1, 0.15) is 12.1 Å². The molecule has 22 heavy (non-hydrogen) atoms. The smallest absolute Gasteiger partial charge is 0.271 e. The van der Waals surface area contributed by atoms with E-state index in [-0.39, 0.29) is 11.0 Å². The van der Waals surface area contributed by atoms with Crippen molar-refractivity contribution in [3.05, 3.63) is 74.9 Å². The number of carbonyl (C=O) groups is 1. The van der Waals surface area contributed by atoms with Gasteiger partial charge in [0.25, 0.3) is 11.6 Å². The van der Waals surface area contributed by atoms with E-state index in [1.165, 1.54) is 18.2 Å². The van der Waals surface area contributed by atoms with Crippen molar-refractivity contribution in [3.63, 3.8) is 0 Å². The number of amides is 1. The van der Waals surface area contributed by atoms with Crippen LogP contribution in [0.5, 0.6) is 0 Å². The van der Waals surface area contributed by atoms with Crippen LogP contribution in [-0.2, 0) is 4.79 Å². The first-order valence-corrected chi connectivity index (χ1v) is 6.61. The SMILES string of the molecule is NC1N=c2ccc([N+](=O)[O-])cc2=NC(=O)C1c1ccccc1. The molecule has 0 aliphatic carbocycles. The fourth-order valence-corrected chi connectivity index (χ4v) is 2.39. The van der Waals surface area contributed by atoms with Gasteiger partial charge < -0.3 is 5.73 Å². The Morgan fingerprint density at radius 2 is 1.82 bits per heavy atom. The molecule has 7 nitrogen and oxygen atoms in total. The number of nitro groups is 1. The van der Waals surface area contributed by atoms with Crippen molar-refractivity contribution in [2.75, 3.05) is 0 Å². The molecule has 0 bridgehead atoms. The molecule has 0 fully saturated rings. The Bertz CT molecular complexity index is 864. The van der Waals surface area contributed by atoms with Gasteiger partial charge in [-0.3, -0.25) is 19.9 Å². The largest absolute Gasteiger partial charge is 0.309 e. The molecule has 0 spiro atoms. The minimum Gasteiger partial charge on any atom is -0.309 e. The van der Waals surface area contributed by atoms with E-state index in [4.69, 9.17) is 5.73 Å². The molecule has 2 unspecified atom stereocenters. The van der Waals surface area contributed by atoms with Gasteiger partial charge in [-0.25, -0.2) is 4.99 Å². The molecule has 110 valence electrons. The number of fused-ring (bicyclic) bond motifs is 1. The third-order valence-electron chi connectivity index (χ3n) is 3.45. The van der Waals surface area contributed by atoms with Crippen LogP contribution in [0, 0.1) is 10.1 Å². The maximum absolute atomic E-state index is 12.4. The molecule has 1 heterocycles. The number of non-ortho nitro benzene ring substituents is 1. The number of rotatable bonds is 2. The molecule has 0 saturated heterocycles. The van der Waals surface area contributed by atoms with E-state index in [1.54, 1.807) is 24.3 Å². The summed E-state index contributed by atoms with van der Waals surface area (Å²) in [6.07, 6.45) is -0.790. The molecule has 3 rings (SSSR count). The van der Waals surface area contributed by atoms with E-state index in [0.29, 0.717) is 5.36 Å². The summed E-state index contributed by atoms with van der Waals surface area (Å²) in [5.41, 5.74) is 6.61. The highest BCUT2D eigenvalue weighted by Gasteiger charge is 2.28. The average Bonchev–Trinajstić information content (AvgIpc) is 2.62. The summed E-state index contributed by atoms with van der Waals surface area (Å²) >= 11 is 0. The minimum absolute atomic E-state index is 0.141. The van der Waals surface area contributed by atoms with Crippen molar-refractivity contribution in [1.82, 2.24) is 0 Å². The fraction of sp³-hybridized carbons (Fsp3) is 0.133. The number of nitrogens with zero attached hydrogens (tertiary/aromatic N) is 3. The predicted molar refractivity (Wildman–Crippen MR) is 77.6 cm³/mol. The quantitative estimate of drug-likeness (QED) is 0.640. The normalized spacial score (nSPS) is 20.3. The first kappa shape index (κ1) is 14.0. The second kappa shape index (κ2) is 5.45. The van der Waals surface area contributed by atoms with Crippen LogP contribution in [0.2, 0.25) is 0 Å². The molecule has 1 aliphatic heterocycles. The molecule has 2 N–H and O–H groups in total. The van der Waals surface area contributed by atoms with Gasteiger partial charge in [0.15, 0.2) is 0 Å². The highest BCUT2D eigenvalue weighted by molar-refractivity contribution is 5.85. The molecule has 2 aromatic carbocycles. The first-order chi connectivity index (χ1) is 10.6. The van der Waals surface area contributed by atoms with Gasteiger partial charge >= 0.3 is 0 Å². The highest BCUT2D eigenvalue weighted by Crippen LogP contribution is 2.21. The Labute approximate surface area is 125 Å². The minimum atomic E-state index is -0.790. The zero-order valence-electron chi connectivity index (χ0n) is 11.4. The molecular weight excluding hydrogens is 284 g/mol. The summed E-state index contributed by atoms with van der Waals surface area (Å²) in [6.45, 7) is 0. The topological polar surface area (TPSA) is 111 Å². The van der Waals surface area contributed by atoms with E-state index < -0.39 is 22.9 Å². The molecule has 2 aromatic rings. The summed E-state index contributed by atoms with van der Waals surface area (Å²) in [4.78, 5) is 30.9. The van der Waals surface area contributed by atoms with E-state index >= 15 is 0 Å². The van der Waals surface area contributed by atoms with Crippen LogP contribution >= 0.6 is 0 Å². The lowest BCUT2D eigenvalue weighted by Gasteiger charge is -2.16. The third-order valence-corrected chi connectivity index (χ3v) is 3.45. The van der Waals surface area contributed by atoms with E-state index in [2.05, 4.69) is 9.98 Å². The molecule has 7 heteroatoms. The Balaban J connectivity index is 2.16. The zero-order valence-corrected chi connectivity index (χ0v) is 11.4. The monoisotopic (exact) mass is 296 g/mol. The molecule has 1 aliphatic rings. The molecule has 0 aromatic heterocycles. The van der Waals surface area contributed by atoms with Gasteiger partial charge in [0.05, 0.1) is 15.6 Å². The van der Waals surface area contributed by atoms with Crippen LogP contribution in [-0.4, -0.2) is 17.0 Å². The lowest BCUT2D eigenvalue weighted by Crippen LogP contribution is -2.32. The highest BCUT2D eigenvalue weighted by atomic mass is 16.6. The Hall–Kier alpha value is -2.93. The van der Waals surface area contributed by atoms with Crippen LogP contribution < -0.4 is 16.4 Å². The number of carbonyl (C=O) groups excluding carboxylic acids is 1. The number of nitro benzene ring substituents is 1. The average molecular weight is 296 g/mol. The number of nitrogens with two attached hydrogens (primary N) is 1. The summed E-state index contributed by atoms with van der Waals surface area (Å²) in [7, 11) is 0. The van der Waals surface area contributed by atoms with Crippen molar-refractivity contribution in [2.45, 2.75) is 12.1 Å². The van der Waals surface area contributed by atoms with Crippen molar-refractivity contribution < 1.29 is 9.72 Å². The molecule has 1 amide bonds. The summed E-state index contributed by atoms with van der Waals surface area (Å²) < 4.78 is 0. The second-order valence-electron chi connectivity index (χ2n) is 4.89. The lowest BCUT2D eigenvalue weighted by atomic mass is 9.96. The van der Waals surface area contributed by atoms with Crippen LogP contribution in [0.3, 0.4) is 0 Å². The second-order valence-corrected chi connectivity index (χ2v) is 4.89. The number of hydrogen-bond donors (Lipinski definition) is 1. The van der Waals surface area contributed by atoms with Crippen molar-refractivity contribution in [3.8, 4) is 0 Å². The van der Waals surface area contributed by atoms with Crippen molar-refractivity contribution >= 4 is 11.6 Å². The summed E-state index contributed by atoms with van der Waals surface area (Å²) in [5, 5.41) is 11.4. The van der Waals surface area contributed by atoms with Crippen LogP contribution in [0.4, 0.5) is 5.69 Å². The maximum atomic E-state index is 12.4. The van der Waals surface area contributed by atoms with Gasteiger partial charge in [-0.2, -0.15) is 0 Å². The van der Waals surface area contributed by atoms with Crippen LogP contribution in [0.15, 0.2) is 58.5 Å². The van der Waals surface area contributed by atoms with Crippen LogP contribution in [0.25, 0.3) is 0 Å². The first-order valence-electron chi connectivity index (χ1n) is 6.61. The summed E-state index contributed by atoms with van der Waals surface area (Å²) in [6, 6.07) is 13.0. The molecule has 0 radical (unpaired) electrons. The van der Waals surface area contributed by atoms with Crippen molar-refractivity contribution in [2.24, 2.45) is 15.7 Å². The predicted octanol–water partition coefficient (Wildman–Crippen LogP) is 0.443. The molecule has 2 atom stereocenters. The number of hydrogen-bond acceptors (Lipinski definition) is 5.